The average molecular weight is 343 g/mol. The molecule has 1 aliphatic heterocycles. The summed E-state index contributed by atoms with van der Waals surface area (Å²) in [5.74, 6) is 0.407. The molecular formula is C16H26FN3O4. The van der Waals surface area contributed by atoms with Crippen molar-refractivity contribution in [2.24, 2.45) is 0 Å². The summed E-state index contributed by atoms with van der Waals surface area (Å²) >= 11 is 0. The van der Waals surface area contributed by atoms with Crippen LogP contribution in [-0.4, -0.2) is 51.3 Å². The maximum absolute atomic E-state index is 15.0. The highest BCUT2D eigenvalue weighted by Crippen LogP contribution is 2.40. The number of aliphatic hydroxyl groups excluding tert-OH is 1. The van der Waals surface area contributed by atoms with E-state index in [1.807, 2.05) is 27.7 Å². The van der Waals surface area contributed by atoms with Crippen molar-refractivity contribution in [3.63, 3.8) is 0 Å². The minimum absolute atomic E-state index is 0.0456. The second-order valence-corrected chi connectivity index (χ2v) is 6.81. The Morgan fingerprint density at radius 2 is 2.17 bits per heavy atom. The molecule has 0 radical (unpaired) electrons. The molecular weight excluding hydrogens is 317 g/mol. The molecule has 0 bridgehead atoms. The van der Waals surface area contributed by atoms with Crippen molar-refractivity contribution < 1.29 is 19.0 Å². The third kappa shape index (κ3) is 3.93. The van der Waals surface area contributed by atoms with Crippen molar-refractivity contribution in [3.05, 3.63) is 22.7 Å². The fourth-order valence-corrected chi connectivity index (χ4v) is 2.61. The van der Waals surface area contributed by atoms with Gasteiger partial charge in [-0.25, -0.2) is 9.18 Å². The molecule has 0 amide bonds. The van der Waals surface area contributed by atoms with Gasteiger partial charge in [-0.2, -0.15) is 4.98 Å². The Morgan fingerprint density at radius 3 is 2.71 bits per heavy atom. The quantitative estimate of drug-likeness (QED) is 0.814. The molecule has 1 aliphatic rings. The van der Waals surface area contributed by atoms with Crippen LogP contribution < -0.4 is 11.0 Å². The molecule has 1 aromatic heterocycles. The molecule has 2 N–H and O–H groups in total. The Bertz CT molecular complexity index is 618. The van der Waals surface area contributed by atoms with Crippen LogP contribution in [0.5, 0.6) is 0 Å². The SMILES string of the molecule is CC(C)Nc1ccn([C@@H]2O[C@H](COC(C)C)[C@@H](O)[C@@]2(C)F)c(=O)n1. The predicted octanol–water partition coefficient (Wildman–Crippen LogP) is 1.48. The lowest BCUT2D eigenvalue weighted by molar-refractivity contribution is -0.0800. The average Bonchev–Trinajstić information content (AvgIpc) is 2.68. The lowest BCUT2D eigenvalue weighted by Gasteiger charge is -2.25. The largest absolute Gasteiger partial charge is 0.387 e. The van der Waals surface area contributed by atoms with Gasteiger partial charge in [0.25, 0.3) is 0 Å². The molecule has 8 heteroatoms. The van der Waals surface area contributed by atoms with Crippen LogP contribution in [0.3, 0.4) is 0 Å². The number of halogens is 1. The van der Waals surface area contributed by atoms with Crippen LogP contribution in [0.15, 0.2) is 17.1 Å². The van der Waals surface area contributed by atoms with Gasteiger partial charge in [0.05, 0.1) is 12.7 Å². The maximum atomic E-state index is 15.0. The lowest BCUT2D eigenvalue weighted by Crippen LogP contribution is -2.43. The van der Waals surface area contributed by atoms with Crippen molar-refractivity contribution in [2.75, 3.05) is 11.9 Å². The van der Waals surface area contributed by atoms with E-state index in [0.717, 1.165) is 4.57 Å². The van der Waals surface area contributed by atoms with Crippen LogP contribution in [0.4, 0.5) is 10.2 Å². The number of hydrogen-bond donors (Lipinski definition) is 2. The molecule has 1 fully saturated rings. The zero-order chi connectivity index (χ0) is 18.1. The first kappa shape index (κ1) is 18.8. The van der Waals surface area contributed by atoms with Crippen LogP contribution in [0.2, 0.25) is 0 Å². The molecule has 0 unspecified atom stereocenters. The van der Waals surface area contributed by atoms with Gasteiger partial charge in [-0.15, -0.1) is 0 Å². The Kier molecular flexibility index (Phi) is 5.62. The van der Waals surface area contributed by atoms with Gasteiger partial charge in [-0.05, 0) is 40.7 Å². The highest BCUT2D eigenvalue weighted by molar-refractivity contribution is 5.32. The van der Waals surface area contributed by atoms with Crippen molar-refractivity contribution in [1.29, 1.82) is 0 Å². The van der Waals surface area contributed by atoms with Crippen LogP contribution in [-0.2, 0) is 9.47 Å². The smallest absolute Gasteiger partial charge is 0.351 e. The highest BCUT2D eigenvalue weighted by Gasteiger charge is 2.55. The van der Waals surface area contributed by atoms with Gasteiger partial charge in [0.15, 0.2) is 11.9 Å². The number of anilines is 1. The topological polar surface area (TPSA) is 85.6 Å². The standard InChI is InChI=1S/C16H26FN3O4/c1-9(2)18-12-6-7-20(15(22)19-12)14-16(5,17)13(21)11(24-14)8-23-10(3)4/h6-7,9-11,13-14,21H,8H2,1-5H3,(H,18,19,22)/t11-,13-,14-,16-/m1/s1. The van der Waals surface area contributed by atoms with Crippen molar-refractivity contribution in [1.82, 2.24) is 9.55 Å². The van der Waals surface area contributed by atoms with Gasteiger partial charge in [0, 0.05) is 12.2 Å². The minimum atomic E-state index is -2.14. The maximum Gasteiger partial charge on any atom is 0.351 e. The molecule has 2 heterocycles. The molecule has 0 saturated carbocycles. The molecule has 0 aromatic carbocycles. The Labute approximate surface area is 140 Å². The summed E-state index contributed by atoms with van der Waals surface area (Å²) < 4.78 is 27.0. The molecule has 2 rings (SSSR count). The highest BCUT2D eigenvalue weighted by atomic mass is 19.1. The molecule has 1 saturated heterocycles. The first-order chi connectivity index (χ1) is 11.1. The van der Waals surface area contributed by atoms with Crippen LogP contribution in [0, 0.1) is 0 Å². The Balaban J connectivity index is 2.23. The van der Waals surface area contributed by atoms with Crippen molar-refractivity contribution >= 4 is 5.82 Å². The third-order valence-corrected chi connectivity index (χ3v) is 3.83. The second-order valence-electron chi connectivity index (χ2n) is 6.81. The summed E-state index contributed by atoms with van der Waals surface area (Å²) in [4.78, 5) is 16.1. The monoisotopic (exact) mass is 343 g/mol. The van der Waals surface area contributed by atoms with E-state index in [9.17, 15) is 14.3 Å². The van der Waals surface area contributed by atoms with Crippen molar-refractivity contribution in [2.45, 2.75) is 70.9 Å². The number of nitrogens with one attached hydrogen (secondary N) is 1. The summed E-state index contributed by atoms with van der Waals surface area (Å²) in [6.45, 7) is 8.77. The first-order valence-electron chi connectivity index (χ1n) is 8.12. The Morgan fingerprint density at radius 1 is 1.50 bits per heavy atom. The van der Waals surface area contributed by atoms with Gasteiger partial charge in [-0.3, -0.25) is 4.57 Å². The molecule has 24 heavy (non-hydrogen) atoms. The molecule has 7 nitrogen and oxygen atoms in total. The summed E-state index contributed by atoms with van der Waals surface area (Å²) in [5.41, 5.74) is -2.78. The van der Waals surface area contributed by atoms with Crippen LogP contribution >= 0.6 is 0 Å². The molecule has 0 aliphatic carbocycles. The zero-order valence-corrected chi connectivity index (χ0v) is 14.7. The fourth-order valence-electron chi connectivity index (χ4n) is 2.61. The van der Waals surface area contributed by atoms with Crippen molar-refractivity contribution in [3.8, 4) is 0 Å². The third-order valence-electron chi connectivity index (χ3n) is 3.83. The lowest BCUT2D eigenvalue weighted by atomic mass is 9.98. The van der Waals surface area contributed by atoms with Crippen LogP contribution in [0.25, 0.3) is 0 Å². The van der Waals surface area contributed by atoms with Gasteiger partial charge in [0.2, 0.25) is 0 Å². The molecule has 136 valence electrons. The van der Waals surface area contributed by atoms with E-state index >= 15 is 0 Å². The number of aromatic nitrogens is 2. The van der Waals surface area contributed by atoms with Gasteiger partial charge >= 0.3 is 5.69 Å². The number of alkyl halides is 1. The molecule has 4 atom stereocenters. The minimum Gasteiger partial charge on any atom is -0.387 e. The second kappa shape index (κ2) is 7.16. The van der Waals surface area contributed by atoms with Crippen LogP contribution in [0.1, 0.15) is 40.8 Å². The summed E-state index contributed by atoms with van der Waals surface area (Å²) in [6.07, 6.45) is -2.17. The van der Waals surface area contributed by atoms with E-state index in [1.165, 1.54) is 13.1 Å². The van der Waals surface area contributed by atoms with Gasteiger partial charge in [0.1, 0.15) is 18.0 Å². The van der Waals surface area contributed by atoms with Gasteiger partial charge < -0.3 is 19.9 Å². The number of ether oxygens (including phenoxy) is 2. The number of nitrogens with zero attached hydrogens (tertiary/aromatic N) is 2. The summed E-state index contributed by atoms with van der Waals surface area (Å²) in [5, 5.41) is 13.2. The van der Waals surface area contributed by atoms with E-state index < -0.39 is 29.8 Å². The first-order valence-corrected chi connectivity index (χ1v) is 8.12. The molecule has 0 spiro atoms. The van der Waals surface area contributed by atoms with E-state index in [2.05, 4.69) is 10.3 Å². The molecule has 1 aromatic rings. The number of rotatable bonds is 6. The summed E-state index contributed by atoms with van der Waals surface area (Å²) in [7, 11) is 0. The fraction of sp³-hybridized carbons (Fsp3) is 0.750. The number of hydrogen-bond acceptors (Lipinski definition) is 6. The zero-order valence-electron chi connectivity index (χ0n) is 14.7. The van der Waals surface area contributed by atoms with E-state index in [4.69, 9.17) is 9.47 Å². The normalized spacial score (nSPS) is 30.3. The van der Waals surface area contributed by atoms with Gasteiger partial charge in [-0.1, -0.05) is 0 Å². The summed E-state index contributed by atoms with van der Waals surface area (Å²) in [6, 6.07) is 1.69. The van der Waals surface area contributed by atoms with E-state index in [-0.39, 0.29) is 18.8 Å². The van der Waals surface area contributed by atoms with E-state index in [0.29, 0.717) is 5.82 Å². The Hall–Kier alpha value is -1.51. The predicted molar refractivity (Wildman–Crippen MR) is 87.8 cm³/mol. The number of aliphatic hydroxyl groups is 1. The van der Waals surface area contributed by atoms with E-state index in [1.54, 1.807) is 6.07 Å².